The molecule has 0 bridgehead atoms. The standard InChI is InChI=1S/C17H19BrClN3OS/c1-2-21-8-10-22(11-9-21)16-12(19)4-3-5-13(16)20-17(23)14-6-7-15(18)24-14/h3-7H,2,8-11H2,1H3,(H,20,23). The normalized spacial score (nSPS) is 15.5. The molecule has 0 atom stereocenters. The Kier molecular flexibility index (Phi) is 5.81. The molecule has 0 spiro atoms. The summed E-state index contributed by atoms with van der Waals surface area (Å²) in [5.74, 6) is -0.110. The Morgan fingerprint density at radius 2 is 2.00 bits per heavy atom. The maximum Gasteiger partial charge on any atom is 0.265 e. The third-order valence-corrected chi connectivity index (χ3v) is 6.10. The minimum absolute atomic E-state index is 0.110. The molecule has 24 heavy (non-hydrogen) atoms. The number of amides is 1. The first-order chi connectivity index (χ1) is 11.6. The molecule has 1 fully saturated rings. The summed E-state index contributed by atoms with van der Waals surface area (Å²) in [5, 5.41) is 3.69. The van der Waals surface area contributed by atoms with Gasteiger partial charge in [-0.3, -0.25) is 4.79 Å². The van der Waals surface area contributed by atoms with Crippen LogP contribution < -0.4 is 10.2 Å². The van der Waals surface area contributed by atoms with Crippen molar-refractivity contribution in [2.24, 2.45) is 0 Å². The highest BCUT2D eigenvalue weighted by atomic mass is 79.9. The van der Waals surface area contributed by atoms with Gasteiger partial charge in [0.1, 0.15) is 0 Å². The number of anilines is 2. The van der Waals surface area contributed by atoms with Crippen molar-refractivity contribution in [2.45, 2.75) is 6.92 Å². The molecule has 1 aliphatic heterocycles. The number of hydrogen-bond acceptors (Lipinski definition) is 4. The lowest BCUT2D eigenvalue weighted by Gasteiger charge is -2.36. The van der Waals surface area contributed by atoms with Gasteiger partial charge in [0.05, 0.1) is 25.1 Å². The van der Waals surface area contributed by atoms with Gasteiger partial charge in [0, 0.05) is 26.2 Å². The van der Waals surface area contributed by atoms with Crippen molar-refractivity contribution in [1.82, 2.24) is 4.90 Å². The summed E-state index contributed by atoms with van der Waals surface area (Å²) in [5.41, 5.74) is 1.68. The number of para-hydroxylation sites is 1. The van der Waals surface area contributed by atoms with Gasteiger partial charge in [-0.25, -0.2) is 0 Å². The second kappa shape index (κ2) is 7.87. The van der Waals surface area contributed by atoms with Crippen LogP contribution in [-0.2, 0) is 0 Å². The van der Waals surface area contributed by atoms with Crippen molar-refractivity contribution in [3.63, 3.8) is 0 Å². The lowest BCUT2D eigenvalue weighted by atomic mass is 10.2. The first-order valence-electron chi connectivity index (χ1n) is 7.91. The van der Waals surface area contributed by atoms with Gasteiger partial charge >= 0.3 is 0 Å². The van der Waals surface area contributed by atoms with Crippen LogP contribution in [-0.4, -0.2) is 43.5 Å². The molecular weight excluding hydrogens is 410 g/mol. The van der Waals surface area contributed by atoms with E-state index in [1.54, 1.807) is 0 Å². The highest BCUT2D eigenvalue weighted by molar-refractivity contribution is 9.11. The summed E-state index contributed by atoms with van der Waals surface area (Å²) in [6, 6.07) is 9.35. The Morgan fingerprint density at radius 1 is 1.25 bits per heavy atom. The summed E-state index contributed by atoms with van der Waals surface area (Å²) in [6.45, 7) is 7.07. The average molecular weight is 429 g/mol. The summed E-state index contributed by atoms with van der Waals surface area (Å²) in [6.07, 6.45) is 0. The molecule has 0 unspecified atom stereocenters. The van der Waals surface area contributed by atoms with E-state index in [9.17, 15) is 4.79 Å². The molecule has 128 valence electrons. The van der Waals surface area contributed by atoms with Crippen LogP contribution in [0.3, 0.4) is 0 Å². The Bertz CT molecular complexity index is 728. The minimum Gasteiger partial charge on any atom is -0.366 e. The van der Waals surface area contributed by atoms with E-state index in [4.69, 9.17) is 11.6 Å². The van der Waals surface area contributed by atoms with E-state index in [2.05, 4.69) is 38.0 Å². The predicted octanol–water partition coefficient (Wildman–Crippen LogP) is 4.56. The smallest absolute Gasteiger partial charge is 0.265 e. The van der Waals surface area contributed by atoms with Crippen LogP contribution in [0.15, 0.2) is 34.1 Å². The van der Waals surface area contributed by atoms with E-state index >= 15 is 0 Å². The van der Waals surface area contributed by atoms with Crippen molar-refractivity contribution < 1.29 is 4.79 Å². The fourth-order valence-electron chi connectivity index (χ4n) is 2.85. The third kappa shape index (κ3) is 3.94. The van der Waals surface area contributed by atoms with Gasteiger partial charge in [0.25, 0.3) is 5.91 Å². The van der Waals surface area contributed by atoms with Crippen LogP contribution in [0.5, 0.6) is 0 Å². The van der Waals surface area contributed by atoms with E-state index in [1.165, 1.54) is 11.3 Å². The van der Waals surface area contributed by atoms with Crippen LogP contribution in [0.2, 0.25) is 5.02 Å². The molecule has 7 heteroatoms. The van der Waals surface area contributed by atoms with E-state index in [0.717, 1.165) is 47.9 Å². The third-order valence-electron chi connectivity index (χ3n) is 4.17. The quantitative estimate of drug-likeness (QED) is 0.775. The van der Waals surface area contributed by atoms with Crippen molar-refractivity contribution in [3.8, 4) is 0 Å². The summed E-state index contributed by atoms with van der Waals surface area (Å²) in [4.78, 5) is 17.8. The zero-order valence-corrected chi connectivity index (χ0v) is 16.5. The van der Waals surface area contributed by atoms with Gasteiger partial charge in [0.15, 0.2) is 0 Å². The van der Waals surface area contributed by atoms with Gasteiger partial charge in [-0.15, -0.1) is 11.3 Å². The molecule has 3 rings (SSSR count). The number of nitrogens with one attached hydrogen (secondary N) is 1. The number of halogens is 2. The zero-order chi connectivity index (χ0) is 17.1. The molecule has 0 radical (unpaired) electrons. The Hall–Kier alpha value is -1.08. The number of piperazine rings is 1. The molecular formula is C17H19BrClN3OS. The van der Waals surface area contributed by atoms with Crippen LogP contribution in [0.1, 0.15) is 16.6 Å². The molecule has 4 nitrogen and oxygen atoms in total. The van der Waals surface area contributed by atoms with Crippen LogP contribution in [0, 0.1) is 0 Å². The fourth-order valence-corrected chi connectivity index (χ4v) is 4.42. The highest BCUT2D eigenvalue weighted by Crippen LogP contribution is 2.35. The minimum atomic E-state index is -0.110. The van der Waals surface area contributed by atoms with Crippen molar-refractivity contribution >= 4 is 56.1 Å². The topological polar surface area (TPSA) is 35.6 Å². The van der Waals surface area contributed by atoms with Crippen molar-refractivity contribution in [1.29, 1.82) is 0 Å². The Morgan fingerprint density at radius 3 is 2.62 bits per heavy atom. The van der Waals surface area contributed by atoms with Crippen LogP contribution in [0.25, 0.3) is 0 Å². The monoisotopic (exact) mass is 427 g/mol. The molecule has 1 aliphatic rings. The molecule has 0 saturated carbocycles. The van der Waals surface area contributed by atoms with Crippen LogP contribution in [0.4, 0.5) is 11.4 Å². The number of thiophene rings is 1. The van der Waals surface area contributed by atoms with Gasteiger partial charge in [-0.2, -0.15) is 0 Å². The molecule has 1 aromatic carbocycles. The first kappa shape index (κ1) is 17.7. The van der Waals surface area contributed by atoms with E-state index in [1.807, 2.05) is 30.3 Å². The maximum absolute atomic E-state index is 12.5. The first-order valence-corrected chi connectivity index (χ1v) is 9.89. The number of carbonyl (C=O) groups excluding carboxylic acids is 1. The van der Waals surface area contributed by atoms with Crippen molar-refractivity contribution in [2.75, 3.05) is 42.9 Å². The lowest BCUT2D eigenvalue weighted by Crippen LogP contribution is -2.46. The average Bonchev–Trinajstić information content (AvgIpc) is 3.02. The fraction of sp³-hybridized carbons (Fsp3) is 0.353. The Balaban J connectivity index is 1.81. The predicted molar refractivity (Wildman–Crippen MR) is 106 cm³/mol. The van der Waals surface area contributed by atoms with E-state index < -0.39 is 0 Å². The second-order valence-electron chi connectivity index (χ2n) is 5.62. The molecule has 1 aromatic heterocycles. The molecule has 2 heterocycles. The molecule has 1 amide bonds. The molecule has 0 aliphatic carbocycles. The zero-order valence-electron chi connectivity index (χ0n) is 13.4. The number of nitrogens with zero attached hydrogens (tertiary/aromatic N) is 2. The van der Waals surface area contributed by atoms with Gasteiger partial charge in [-0.1, -0.05) is 24.6 Å². The largest absolute Gasteiger partial charge is 0.366 e. The van der Waals surface area contributed by atoms with Crippen LogP contribution >= 0.6 is 38.9 Å². The highest BCUT2D eigenvalue weighted by Gasteiger charge is 2.21. The van der Waals surface area contributed by atoms with Gasteiger partial charge < -0.3 is 15.1 Å². The number of benzene rings is 1. The van der Waals surface area contributed by atoms with E-state index in [0.29, 0.717) is 9.90 Å². The number of hydrogen-bond donors (Lipinski definition) is 1. The SMILES string of the molecule is CCN1CCN(c2c(Cl)cccc2NC(=O)c2ccc(Br)s2)CC1. The number of rotatable bonds is 4. The van der Waals surface area contributed by atoms with Gasteiger partial charge in [-0.05, 0) is 46.7 Å². The number of likely N-dealkylation sites (N-methyl/N-ethyl adjacent to an activating group) is 1. The molecule has 2 aromatic rings. The summed E-state index contributed by atoms with van der Waals surface area (Å²) in [7, 11) is 0. The second-order valence-corrected chi connectivity index (χ2v) is 8.49. The van der Waals surface area contributed by atoms with Gasteiger partial charge in [0.2, 0.25) is 0 Å². The van der Waals surface area contributed by atoms with Crippen molar-refractivity contribution in [3.05, 3.63) is 44.0 Å². The maximum atomic E-state index is 12.5. The lowest BCUT2D eigenvalue weighted by molar-refractivity contribution is 0.103. The summed E-state index contributed by atoms with van der Waals surface area (Å²) < 4.78 is 0.939. The number of carbonyl (C=O) groups is 1. The molecule has 1 N–H and O–H groups in total. The molecule has 1 saturated heterocycles. The van der Waals surface area contributed by atoms with E-state index in [-0.39, 0.29) is 5.91 Å². The Labute approximate surface area is 159 Å². The summed E-state index contributed by atoms with van der Waals surface area (Å²) >= 11 is 11.3.